The number of fused-ring (bicyclic) bond motifs is 5. The van der Waals surface area contributed by atoms with Crippen LogP contribution < -0.4 is 32.3 Å². The zero-order valence-corrected chi connectivity index (χ0v) is 30.6. The Morgan fingerprint density at radius 3 is 2.72 bits per heavy atom. The van der Waals surface area contributed by atoms with Crippen LogP contribution in [0.5, 0.6) is 11.5 Å². The van der Waals surface area contributed by atoms with Crippen LogP contribution >= 0.6 is 0 Å². The molecule has 54 heavy (non-hydrogen) atoms. The zero-order valence-electron chi connectivity index (χ0n) is 30.6. The number of epoxide rings is 1. The fourth-order valence-electron chi connectivity index (χ4n) is 9.08. The monoisotopic (exact) mass is 734 g/mol. The number of carbonyl (C=O) groups excluding carboxylic acids is 1. The fraction of sp³-hybridized carbons (Fsp3) is 0.415. The molecule has 0 aliphatic carbocycles. The molecule has 1 aromatic carbocycles. The highest BCUT2D eigenvalue weighted by Crippen LogP contribution is 2.54. The third kappa shape index (κ3) is 5.90. The number of carbonyl (C=O) groups is 1. The van der Waals surface area contributed by atoms with E-state index in [-0.39, 0.29) is 46.3 Å². The minimum absolute atomic E-state index is 0.0127. The van der Waals surface area contributed by atoms with Gasteiger partial charge in [0.15, 0.2) is 11.0 Å². The van der Waals surface area contributed by atoms with Crippen molar-refractivity contribution in [3.8, 4) is 11.5 Å². The summed E-state index contributed by atoms with van der Waals surface area (Å²) in [6.07, 6.45) is 17.2. The van der Waals surface area contributed by atoms with E-state index in [0.29, 0.717) is 60.9 Å². The van der Waals surface area contributed by atoms with Gasteiger partial charge in [-0.3, -0.25) is 4.79 Å². The molecule has 4 aromatic rings. The summed E-state index contributed by atoms with van der Waals surface area (Å²) in [6, 6.07) is 4.90. The largest absolute Gasteiger partial charge is 0.507 e. The average molecular weight is 735 g/mol. The summed E-state index contributed by atoms with van der Waals surface area (Å²) in [5, 5.41) is 19.5. The number of rotatable bonds is 6. The maximum absolute atomic E-state index is 14.1. The Kier molecular flexibility index (Phi) is 7.93. The Morgan fingerprint density at radius 1 is 1.06 bits per heavy atom. The van der Waals surface area contributed by atoms with E-state index < -0.39 is 23.3 Å². The second-order valence-electron chi connectivity index (χ2n) is 15.9. The SMILES string of the molecule is Cc1cc(=O)c2c(O)c3c(cc2o1)OC(C)(C)C1OC(=O)C2(CCCCC31)OC2CCC1=CC(C2=CC(Cn3cc4cc[nH]c4c3)NC(N)=C2)NC(N)=C1. The van der Waals surface area contributed by atoms with Gasteiger partial charge in [0.25, 0.3) is 0 Å². The van der Waals surface area contributed by atoms with E-state index in [1.165, 1.54) is 6.07 Å². The number of ether oxygens (including phenoxy) is 3. The predicted octanol–water partition coefficient (Wildman–Crippen LogP) is 4.84. The van der Waals surface area contributed by atoms with E-state index in [1.807, 2.05) is 32.2 Å². The number of hydrogen-bond donors (Lipinski definition) is 6. The standard InChI is InChI=1S/C41H46N6O7/c1-21-12-29(48)36-30(51-21)17-31-35(37(36)49)26-6-4-5-10-41(39(50)52-38(26)40(2,3)53-31)32(54-41)8-7-22-13-27(46-33(42)14-22)24-15-25(45-34(43)16-24)19-47-18-23-9-11-44-28(23)20-47/h9,11-18,20,25-27,32,38,44-46,49H,4-8,10,19,42-43H2,1-3H3. The number of H-pyrrole nitrogens is 1. The summed E-state index contributed by atoms with van der Waals surface area (Å²) in [7, 11) is 0. The van der Waals surface area contributed by atoms with Gasteiger partial charge in [-0.25, -0.2) is 4.79 Å². The molecule has 6 atom stereocenters. The molecule has 3 aromatic heterocycles. The van der Waals surface area contributed by atoms with Crippen LogP contribution in [0.1, 0.15) is 69.6 Å². The molecule has 282 valence electrons. The first-order valence-corrected chi connectivity index (χ1v) is 18.8. The molecule has 13 heteroatoms. The van der Waals surface area contributed by atoms with Crippen molar-refractivity contribution in [2.45, 2.75) is 107 Å². The summed E-state index contributed by atoms with van der Waals surface area (Å²) >= 11 is 0. The molecule has 9 rings (SSSR count). The van der Waals surface area contributed by atoms with Gasteiger partial charge in [0.2, 0.25) is 0 Å². The highest BCUT2D eigenvalue weighted by molar-refractivity contribution is 5.88. The van der Waals surface area contributed by atoms with Crippen LogP contribution in [0.15, 0.2) is 93.1 Å². The van der Waals surface area contributed by atoms with Crippen molar-refractivity contribution in [1.82, 2.24) is 20.2 Å². The van der Waals surface area contributed by atoms with E-state index in [0.717, 1.165) is 34.9 Å². The first-order chi connectivity index (χ1) is 25.9. The average Bonchev–Trinajstić information content (AvgIpc) is 3.38. The second kappa shape index (κ2) is 12.5. The molecule has 8 heterocycles. The molecule has 13 nitrogen and oxygen atoms in total. The molecule has 5 aliphatic rings. The van der Waals surface area contributed by atoms with Crippen molar-refractivity contribution in [3.63, 3.8) is 0 Å². The van der Waals surface area contributed by atoms with Gasteiger partial charge < -0.3 is 55.4 Å². The summed E-state index contributed by atoms with van der Waals surface area (Å²) in [6.45, 7) is 6.16. The van der Waals surface area contributed by atoms with Crippen LogP contribution in [0.4, 0.5) is 0 Å². The Labute approximate surface area is 311 Å². The minimum atomic E-state index is -1.05. The van der Waals surface area contributed by atoms with Crippen LogP contribution in [0, 0.1) is 6.92 Å². The third-order valence-corrected chi connectivity index (χ3v) is 11.6. The maximum Gasteiger partial charge on any atom is 0.341 e. The van der Waals surface area contributed by atoms with Crippen molar-refractivity contribution in [2.75, 3.05) is 0 Å². The van der Waals surface area contributed by atoms with E-state index in [4.69, 9.17) is 30.1 Å². The normalized spacial score (nSPS) is 28.8. The molecule has 0 radical (unpaired) electrons. The topological polar surface area (TPSA) is 195 Å². The number of nitrogens with one attached hydrogen (secondary N) is 3. The highest BCUT2D eigenvalue weighted by Gasteiger charge is 2.64. The van der Waals surface area contributed by atoms with Gasteiger partial charge in [0, 0.05) is 54.1 Å². The number of phenolic OH excluding ortho intramolecular Hbond substituents is 1. The van der Waals surface area contributed by atoms with Crippen LogP contribution in [0.25, 0.3) is 21.9 Å². The van der Waals surface area contributed by atoms with Gasteiger partial charge in [-0.15, -0.1) is 0 Å². The van der Waals surface area contributed by atoms with Crippen LogP contribution in [-0.2, 0) is 20.8 Å². The molecule has 5 aliphatic heterocycles. The second-order valence-corrected chi connectivity index (χ2v) is 15.9. The molecule has 1 spiro atoms. The number of allylic oxidation sites excluding steroid dienone is 2. The van der Waals surface area contributed by atoms with Gasteiger partial charge in [-0.05, 0) is 82.2 Å². The number of nitrogens with two attached hydrogens (primary N) is 2. The summed E-state index contributed by atoms with van der Waals surface area (Å²) < 4.78 is 27.0. The lowest BCUT2D eigenvalue weighted by atomic mass is 9.77. The van der Waals surface area contributed by atoms with Gasteiger partial charge in [-0.2, -0.15) is 0 Å². The molecule has 0 amide bonds. The number of esters is 1. The Bertz CT molecular complexity index is 2350. The highest BCUT2D eigenvalue weighted by atomic mass is 16.7. The van der Waals surface area contributed by atoms with Gasteiger partial charge in [0.05, 0.1) is 35.3 Å². The fourth-order valence-corrected chi connectivity index (χ4v) is 9.08. The van der Waals surface area contributed by atoms with E-state index in [9.17, 15) is 14.7 Å². The number of nitrogens with zero attached hydrogens (tertiary/aromatic N) is 1. The van der Waals surface area contributed by atoms with Crippen LogP contribution in [-0.4, -0.2) is 56.1 Å². The Balaban J connectivity index is 0.908. The number of aromatic hydroxyl groups is 1. The first-order valence-electron chi connectivity index (χ1n) is 18.8. The number of phenols is 1. The molecule has 2 fully saturated rings. The van der Waals surface area contributed by atoms with Crippen LogP contribution in [0.3, 0.4) is 0 Å². The smallest absolute Gasteiger partial charge is 0.341 e. The lowest BCUT2D eigenvalue weighted by Gasteiger charge is -2.44. The molecule has 8 N–H and O–H groups in total. The molecule has 0 bridgehead atoms. The van der Waals surface area contributed by atoms with Crippen LogP contribution in [0.2, 0.25) is 0 Å². The van der Waals surface area contributed by atoms with Crippen molar-refractivity contribution < 1.29 is 28.5 Å². The van der Waals surface area contributed by atoms with Crippen molar-refractivity contribution in [1.29, 1.82) is 0 Å². The predicted molar refractivity (Wildman–Crippen MR) is 202 cm³/mol. The number of aromatic amines is 1. The Hall–Kier alpha value is -5.56. The number of aryl methyl sites for hydroxylation is 1. The number of dihydropyridines is 2. The van der Waals surface area contributed by atoms with Gasteiger partial charge >= 0.3 is 5.97 Å². The lowest BCUT2D eigenvalue weighted by Crippen LogP contribution is -2.52. The minimum Gasteiger partial charge on any atom is -0.507 e. The summed E-state index contributed by atoms with van der Waals surface area (Å²) in [5.41, 5.74) is 14.3. The van der Waals surface area contributed by atoms with E-state index in [1.54, 1.807) is 13.0 Å². The number of hydrogen-bond acceptors (Lipinski definition) is 11. The molecular formula is C41H46N6O7. The summed E-state index contributed by atoms with van der Waals surface area (Å²) in [4.78, 5) is 30.3. The lowest BCUT2D eigenvalue weighted by molar-refractivity contribution is -0.170. The van der Waals surface area contributed by atoms with E-state index in [2.05, 4.69) is 50.8 Å². The van der Waals surface area contributed by atoms with Gasteiger partial charge in [0.1, 0.15) is 39.9 Å². The number of benzene rings is 1. The summed E-state index contributed by atoms with van der Waals surface area (Å²) in [5.74, 6) is 1.03. The third-order valence-electron chi connectivity index (χ3n) is 11.6. The number of aromatic nitrogens is 2. The first kappa shape index (κ1) is 34.2. The Morgan fingerprint density at radius 2 is 1.89 bits per heavy atom. The van der Waals surface area contributed by atoms with E-state index >= 15 is 0 Å². The maximum atomic E-state index is 14.1. The molecule has 2 saturated heterocycles. The van der Waals surface area contributed by atoms with Crippen molar-refractivity contribution >= 4 is 27.8 Å². The molecule has 0 saturated carbocycles. The zero-order chi connectivity index (χ0) is 37.5. The quantitative estimate of drug-likeness (QED) is 0.117. The van der Waals surface area contributed by atoms with Gasteiger partial charge in [-0.1, -0.05) is 18.6 Å². The molecule has 6 unspecified atom stereocenters. The molecular weight excluding hydrogens is 688 g/mol. The van der Waals surface area contributed by atoms with Crippen molar-refractivity contribution in [3.05, 3.63) is 105 Å². The van der Waals surface area contributed by atoms with Crippen molar-refractivity contribution in [2.24, 2.45) is 11.5 Å².